The maximum atomic E-state index is 6.06. The summed E-state index contributed by atoms with van der Waals surface area (Å²) in [7, 11) is 0. The molecule has 2 rings (SSSR count). The smallest absolute Gasteiger partial charge is 0.0741 e. The molecule has 20 heavy (non-hydrogen) atoms. The highest BCUT2D eigenvalue weighted by Gasteiger charge is 2.38. The molecule has 0 aliphatic carbocycles. The molecular formula is C16H31NO3. The van der Waals surface area contributed by atoms with Gasteiger partial charge < -0.3 is 19.5 Å². The molecule has 2 aliphatic rings. The van der Waals surface area contributed by atoms with Crippen molar-refractivity contribution >= 4 is 0 Å². The molecule has 1 spiro atoms. The van der Waals surface area contributed by atoms with Gasteiger partial charge in [0.25, 0.3) is 0 Å². The summed E-state index contributed by atoms with van der Waals surface area (Å²) in [5, 5.41) is 3.68. The Morgan fingerprint density at radius 3 is 2.75 bits per heavy atom. The molecule has 4 nitrogen and oxygen atoms in total. The first-order chi connectivity index (χ1) is 9.85. The van der Waals surface area contributed by atoms with Crippen molar-refractivity contribution in [1.82, 2.24) is 5.32 Å². The summed E-state index contributed by atoms with van der Waals surface area (Å²) < 4.78 is 17.1. The monoisotopic (exact) mass is 285 g/mol. The van der Waals surface area contributed by atoms with Gasteiger partial charge in [-0.2, -0.15) is 0 Å². The third-order valence-corrected chi connectivity index (χ3v) is 4.44. The van der Waals surface area contributed by atoms with Crippen molar-refractivity contribution in [3.05, 3.63) is 0 Å². The van der Waals surface area contributed by atoms with E-state index >= 15 is 0 Å². The molecule has 0 aromatic heterocycles. The lowest BCUT2D eigenvalue weighted by Gasteiger charge is -2.43. The number of nitrogens with one attached hydrogen (secondary N) is 1. The number of hydrogen-bond donors (Lipinski definition) is 1. The van der Waals surface area contributed by atoms with E-state index in [9.17, 15) is 0 Å². The van der Waals surface area contributed by atoms with E-state index in [-0.39, 0.29) is 5.60 Å². The zero-order chi connectivity index (χ0) is 14.1. The van der Waals surface area contributed by atoms with Crippen molar-refractivity contribution in [2.75, 3.05) is 39.6 Å². The lowest BCUT2D eigenvalue weighted by atomic mass is 9.84. The van der Waals surface area contributed by atoms with Crippen LogP contribution in [0.3, 0.4) is 0 Å². The average Bonchev–Trinajstić information content (AvgIpc) is 2.47. The van der Waals surface area contributed by atoms with Crippen LogP contribution in [0.25, 0.3) is 0 Å². The molecular weight excluding hydrogens is 254 g/mol. The fourth-order valence-corrected chi connectivity index (χ4v) is 3.12. The SMILES string of the molecule is CCCCOCCCNC1CCOC2(CCOCC2)C1. The van der Waals surface area contributed by atoms with Crippen molar-refractivity contribution in [3.63, 3.8) is 0 Å². The Morgan fingerprint density at radius 1 is 1.15 bits per heavy atom. The standard InChI is InChI=1S/C16H31NO3/c1-2-3-9-18-10-4-8-17-15-5-11-20-16(14-15)6-12-19-13-7-16/h15,17H,2-14H2,1H3. The molecule has 2 aliphatic heterocycles. The van der Waals surface area contributed by atoms with E-state index in [1.165, 1.54) is 12.8 Å². The van der Waals surface area contributed by atoms with Crippen LogP contribution in [0.5, 0.6) is 0 Å². The highest BCUT2D eigenvalue weighted by atomic mass is 16.5. The van der Waals surface area contributed by atoms with Gasteiger partial charge >= 0.3 is 0 Å². The molecule has 0 bridgehead atoms. The number of hydrogen-bond acceptors (Lipinski definition) is 4. The van der Waals surface area contributed by atoms with Gasteiger partial charge in [-0.05, 0) is 45.1 Å². The maximum Gasteiger partial charge on any atom is 0.0741 e. The zero-order valence-corrected chi connectivity index (χ0v) is 13.0. The van der Waals surface area contributed by atoms with Gasteiger partial charge in [-0.25, -0.2) is 0 Å². The van der Waals surface area contributed by atoms with Crippen molar-refractivity contribution in [1.29, 1.82) is 0 Å². The van der Waals surface area contributed by atoms with Crippen LogP contribution in [-0.2, 0) is 14.2 Å². The first kappa shape index (κ1) is 16.2. The van der Waals surface area contributed by atoms with Gasteiger partial charge in [-0.15, -0.1) is 0 Å². The molecule has 2 heterocycles. The van der Waals surface area contributed by atoms with Crippen molar-refractivity contribution in [2.45, 2.75) is 63.5 Å². The molecule has 0 radical (unpaired) electrons. The highest BCUT2D eigenvalue weighted by Crippen LogP contribution is 2.34. The lowest BCUT2D eigenvalue weighted by molar-refractivity contribution is -0.140. The maximum absolute atomic E-state index is 6.06. The van der Waals surface area contributed by atoms with Gasteiger partial charge in [-0.3, -0.25) is 0 Å². The molecule has 0 amide bonds. The minimum absolute atomic E-state index is 0.103. The van der Waals surface area contributed by atoms with Crippen molar-refractivity contribution in [2.24, 2.45) is 0 Å². The van der Waals surface area contributed by atoms with Crippen LogP contribution in [0.15, 0.2) is 0 Å². The van der Waals surface area contributed by atoms with Crippen LogP contribution >= 0.6 is 0 Å². The Hall–Kier alpha value is -0.160. The second-order valence-electron chi connectivity index (χ2n) is 6.11. The van der Waals surface area contributed by atoms with Crippen LogP contribution in [0.4, 0.5) is 0 Å². The second-order valence-corrected chi connectivity index (χ2v) is 6.11. The molecule has 2 fully saturated rings. The second kappa shape index (κ2) is 8.98. The predicted molar refractivity (Wildman–Crippen MR) is 80.1 cm³/mol. The molecule has 1 N–H and O–H groups in total. The number of ether oxygens (including phenoxy) is 3. The van der Waals surface area contributed by atoms with Gasteiger partial charge in [0.1, 0.15) is 0 Å². The molecule has 1 atom stereocenters. The molecule has 0 saturated carbocycles. The van der Waals surface area contributed by atoms with Crippen LogP contribution < -0.4 is 5.32 Å². The van der Waals surface area contributed by atoms with Gasteiger partial charge in [0.15, 0.2) is 0 Å². The molecule has 0 aromatic carbocycles. The van der Waals surface area contributed by atoms with Gasteiger partial charge in [0, 0.05) is 39.1 Å². The Bertz CT molecular complexity index is 249. The van der Waals surface area contributed by atoms with Crippen LogP contribution in [0.2, 0.25) is 0 Å². The van der Waals surface area contributed by atoms with Gasteiger partial charge in [0.05, 0.1) is 5.60 Å². The summed E-state index contributed by atoms with van der Waals surface area (Å²) in [6.07, 6.45) is 7.91. The average molecular weight is 285 g/mol. The van der Waals surface area contributed by atoms with E-state index in [2.05, 4.69) is 12.2 Å². The third kappa shape index (κ3) is 5.32. The summed E-state index contributed by atoms with van der Waals surface area (Å²) in [6, 6.07) is 0.609. The molecule has 0 aromatic rings. The topological polar surface area (TPSA) is 39.7 Å². The molecule has 4 heteroatoms. The Morgan fingerprint density at radius 2 is 1.95 bits per heavy atom. The zero-order valence-electron chi connectivity index (χ0n) is 13.0. The molecule has 1 unspecified atom stereocenters. The van der Waals surface area contributed by atoms with E-state index in [4.69, 9.17) is 14.2 Å². The highest BCUT2D eigenvalue weighted by molar-refractivity contribution is 4.91. The molecule has 118 valence electrons. The minimum Gasteiger partial charge on any atom is -0.381 e. The molecule has 2 saturated heterocycles. The van der Waals surface area contributed by atoms with Crippen molar-refractivity contribution in [3.8, 4) is 0 Å². The largest absolute Gasteiger partial charge is 0.381 e. The van der Waals surface area contributed by atoms with Gasteiger partial charge in [0.2, 0.25) is 0 Å². The van der Waals surface area contributed by atoms with Crippen molar-refractivity contribution < 1.29 is 14.2 Å². The number of rotatable bonds is 8. The number of unbranched alkanes of at least 4 members (excludes halogenated alkanes) is 1. The van der Waals surface area contributed by atoms with E-state index in [1.54, 1.807) is 0 Å². The first-order valence-corrected chi connectivity index (χ1v) is 8.37. The predicted octanol–water partition coefficient (Wildman–Crippen LogP) is 2.51. The van der Waals surface area contributed by atoms with Crippen LogP contribution in [0, 0.1) is 0 Å². The van der Waals surface area contributed by atoms with Crippen LogP contribution in [-0.4, -0.2) is 51.2 Å². The Kier molecular flexibility index (Phi) is 7.28. The summed E-state index contributed by atoms with van der Waals surface area (Å²) in [5.74, 6) is 0. The fraction of sp³-hybridized carbons (Fsp3) is 1.00. The first-order valence-electron chi connectivity index (χ1n) is 8.37. The Balaban J connectivity index is 1.56. The summed E-state index contributed by atoms with van der Waals surface area (Å²) in [6.45, 7) is 7.66. The quantitative estimate of drug-likeness (QED) is 0.696. The summed E-state index contributed by atoms with van der Waals surface area (Å²) in [5.41, 5.74) is 0.103. The summed E-state index contributed by atoms with van der Waals surface area (Å²) in [4.78, 5) is 0. The fourth-order valence-electron chi connectivity index (χ4n) is 3.12. The van der Waals surface area contributed by atoms with E-state index in [1.807, 2.05) is 0 Å². The minimum atomic E-state index is 0.103. The van der Waals surface area contributed by atoms with Crippen LogP contribution in [0.1, 0.15) is 51.9 Å². The van der Waals surface area contributed by atoms with Gasteiger partial charge in [-0.1, -0.05) is 13.3 Å². The normalized spacial score (nSPS) is 25.9. The van der Waals surface area contributed by atoms with E-state index < -0.39 is 0 Å². The lowest BCUT2D eigenvalue weighted by Crippen LogP contribution is -2.50. The van der Waals surface area contributed by atoms with E-state index in [0.29, 0.717) is 6.04 Å². The van der Waals surface area contributed by atoms with E-state index in [0.717, 1.165) is 71.7 Å². The third-order valence-electron chi connectivity index (χ3n) is 4.44. The Labute approximate surface area is 123 Å². The summed E-state index contributed by atoms with van der Waals surface area (Å²) >= 11 is 0.